The summed E-state index contributed by atoms with van der Waals surface area (Å²) in [4.78, 5) is 27.9. The maximum atomic E-state index is 13.4. The van der Waals surface area contributed by atoms with Gasteiger partial charge in [0.15, 0.2) is 0 Å². The van der Waals surface area contributed by atoms with E-state index in [0.29, 0.717) is 6.42 Å². The Morgan fingerprint density at radius 3 is 2.52 bits per heavy atom. The van der Waals surface area contributed by atoms with E-state index in [1.54, 1.807) is 12.1 Å². The summed E-state index contributed by atoms with van der Waals surface area (Å²) in [7, 11) is 0. The predicted octanol–water partition coefficient (Wildman–Crippen LogP) is 5.27. The van der Waals surface area contributed by atoms with Crippen molar-refractivity contribution in [1.29, 1.82) is 0 Å². The molecule has 0 saturated heterocycles. The fourth-order valence-electron chi connectivity index (χ4n) is 4.49. The number of carbonyl (C=O) groups is 2. The van der Waals surface area contributed by atoms with Crippen LogP contribution in [0.15, 0.2) is 42.5 Å². The Morgan fingerprint density at radius 2 is 1.79 bits per heavy atom. The lowest BCUT2D eigenvalue weighted by atomic mass is 9.87. The molecular formula is C27H36N2O4. The molecule has 6 nitrogen and oxygen atoms in total. The molecule has 1 aliphatic carbocycles. The average Bonchev–Trinajstić information content (AvgIpc) is 2.78. The number of phenols is 1. The van der Waals surface area contributed by atoms with Gasteiger partial charge in [0.2, 0.25) is 5.91 Å². The number of amides is 2. The van der Waals surface area contributed by atoms with Crippen LogP contribution in [-0.2, 0) is 28.9 Å². The summed E-state index contributed by atoms with van der Waals surface area (Å²) in [6.07, 6.45) is 2.78. The fraction of sp³-hybridized carbons (Fsp3) is 0.481. The van der Waals surface area contributed by atoms with Gasteiger partial charge in [-0.2, -0.15) is 0 Å². The van der Waals surface area contributed by atoms with Crippen molar-refractivity contribution in [3.63, 3.8) is 0 Å². The molecule has 33 heavy (non-hydrogen) atoms. The van der Waals surface area contributed by atoms with Crippen LogP contribution in [0.3, 0.4) is 0 Å². The molecule has 0 radical (unpaired) electrons. The summed E-state index contributed by atoms with van der Waals surface area (Å²) in [5, 5.41) is 13.1. The lowest BCUT2D eigenvalue weighted by Crippen LogP contribution is -2.54. The fourth-order valence-corrected chi connectivity index (χ4v) is 4.49. The number of aromatic hydroxyl groups is 1. The number of benzene rings is 2. The lowest BCUT2D eigenvalue weighted by molar-refractivity contribution is -0.128. The Labute approximate surface area is 196 Å². The van der Waals surface area contributed by atoms with Gasteiger partial charge in [0.05, 0.1) is 12.6 Å². The number of carbonyl (C=O) groups excluding carboxylic acids is 2. The highest BCUT2D eigenvalue weighted by Gasteiger charge is 2.38. The van der Waals surface area contributed by atoms with E-state index in [0.717, 1.165) is 36.0 Å². The summed E-state index contributed by atoms with van der Waals surface area (Å²) in [6.45, 7) is 9.64. The highest BCUT2D eigenvalue weighted by molar-refractivity contribution is 5.87. The quantitative estimate of drug-likeness (QED) is 0.650. The number of rotatable bonds is 2. The minimum Gasteiger partial charge on any atom is -0.508 e. The van der Waals surface area contributed by atoms with Gasteiger partial charge in [0, 0.05) is 6.42 Å². The van der Waals surface area contributed by atoms with Gasteiger partial charge in [-0.1, -0.05) is 44.2 Å². The number of hydrogen-bond donors (Lipinski definition) is 2. The molecule has 6 heteroatoms. The van der Waals surface area contributed by atoms with Gasteiger partial charge in [-0.15, -0.1) is 0 Å². The molecule has 1 heterocycles. The van der Waals surface area contributed by atoms with Crippen LogP contribution in [0.2, 0.25) is 0 Å². The van der Waals surface area contributed by atoms with Gasteiger partial charge in [0.1, 0.15) is 17.4 Å². The first kappa shape index (κ1) is 24.6. The van der Waals surface area contributed by atoms with Crippen LogP contribution in [0, 0.1) is 0 Å². The van der Waals surface area contributed by atoms with Crippen molar-refractivity contribution in [1.82, 2.24) is 10.2 Å². The first-order valence-corrected chi connectivity index (χ1v) is 11.9. The zero-order valence-electron chi connectivity index (χ0n) is 20.4. The molecule has 2 amide bonds. The van der Waals surface area contributed by atoms with Gasteiger partial charge in [-0.3, -0.25) is 9.69 Å². The third-order valence-corrected chi connectivity index (χ3v) is 5.94. The van der Waals surface area contributed by atoms with E-state index in [1.807, 2.05) is 52.8 Å². The molecule has 0 spiro atoms. The van der Waals surface area contributed by atoms with Crippen molar-refractivity contribution in [3.8, 4) is 5.75 Å². The van der Waals surface area contributed by atoms with Gasteiger partial charge in [-0.05, 0) is 74.4 Å². The summed E-state index contributed by atoms with van der Waals surface area (Å²) >= 11 is 0. The minimum absolute atomic E-state index is 0.0563. The molecule has 0 fully saturated rings. The SMILES string of the molecule is CC.CC(C)(C)OC(=O)N1Cc2cc(O)ccc2CC1C(=O)NC1CCCc2ccccc21. The maximum absolute atomic E-state index is 13.4. The molecule has 2 atom stereocenters. The number of phenolic OH excluding ortho intramolecular Hbond substituents is 1. The Morgan fingerprint density at radius 1 is 1.06 bits per heavy atom. The molecule has 2 unspecified atom stereocenters. The molecule has 0 bridgehead atoms. The summed E-state index contributed by atoms with van der Waals surface area (Å²) in [5.74, 6) is -0.0316. The van der Waals surface area contributed by atoms with E-state index in [4.69, 9.17) is 4.74 Å². The summed E-state index contributed by atoms with van der Waals surface area (Å²) in [5.41, 5.74) is 3.55. The molecule has 2 aromatic rings. The second-order valence-corrected chi connectivity index (χ2v) is 9.43. The molecular weight excluding hydrogens is 416 g/mol. The molecule has 4 rings (SSSR count). The number of nitrogens with zero attached hydrogens (tertiary/aromatic N) is 1. The third-order valence-electron chi connectivity index (χ3n) is 5.94. The highest BCUT2D eigenvalue weighted by Crippen LogP contribution is 2.32. The van der Waals surface area contributed by atoms with Crippen molar-refractivity contribution in [2.75, 3.05) is 0 Å². The lowest BCUT2D eigenvalue weighted by Gasteiger charge is -2.38. The second kappa shape index (κ2) is 10.3. The zero-order valence-corrected chi connectivity index (χ0v) is 20.4. The predicted molar refractivity (Wildman–Crippen MR) is 129 cm³/mol. The van der Waals surface area contributed by atoms with Crippen molar-refractivity contribution >= 4 is 12.0 Å². The maximum Gasteiger partial charge on any atom is 0.411 e. The molecule has 0 aromatic heterocycles. The molecule has 178 valence electrons. The monoisotopic (exact) mass is 452 g/mol. The molecule has 0 saturated carbocycles. The molecule has 2 aliphatic rings. The standard InChI is InChI=1S/C25H30N2O4.C2H6/c1-25(2,3)31-24(30)27-15-18-13-19(28)12-11-17(18)14-22(27)23(29)26-21-10-6-8-16-7-4-5-9-20(16)21;1-2/h4-5,7,9,11-13,21-22,28H,6,8,10,14-15H2,1-3H3,(H,26,29);1-2H3. The Hall–Kier alpha value is -3.02. The van der Waals surface area contributed by atoms with E-state index < -0.39 is 17.7 Å². The number of aryl methyl sites for hydroxylation is 1. The summed E-state index contributed by atoms with van der Waals surface area (Å²) < 4.78 is 5.59. The Bertz CT molecular complexity index is 996. The van der Waals surface area contributed by atoms with Crippen molar-refractivity contribution < 1.29 is 19.4 Å². The van der Waals surface area contributed by atoms with E-state index in [-0.39, 0.29) is 24.2 Å². The Kier molecular flexibility index (Phi) is 7.67. The normalized spacial score (nSPS) is 19.4. The highest BCUT2D eigenvalue weighted by atomic mass is 16.6. The topological polar surface area (TPSA) is 78.9 Å². The van der Waals surface area contributed by atoms with Gasteiger partial charge < -0.3 is 15.2 Å². The van der Waals surface area contributed by atoms with Crippen molar-refractivity contribution in [2.24, 2.45) is 0 Å². The third kappa shape index (κ3) is 5.86. The van der Waals surface area contributed by atoms with Crippen LogP contribution in [0.4, 0.5) is 4.79 Å². The van der Waals surface area contributed by atoms with E-state index in [2.05, 4.69) is 17.4 Å². The Balaban J connectivity index is 0.00000149. The van der Waals surface area contributed by atoms with E-state index in [9.17, 15) is 14.7 Å². The number of fused-ring (bicyclic) bond motifs is 2. The number of hydrogen-bond acceptors (Lipinski definition) is 4. The van der Waals surface area contributed by atoms with Crippen LogP contribution in [-0.4, -0.2) is 33.6 Å². The smallest absolute Gasteiger partial charge is 0.411 e. The van der Waals surface area contributed by atoms with Crippen molar-refractivity contribution in [2.45, 2.75) is 84.5 Å². The number of ether oxygens (including phenoxy) is 1. The van der Waals surface area contributed by atoms with Gasteiger partial charge in [-0.25, -0.2) is 4.79 Å². The molecule has 2 N–H and O–H groups in total. The molecule has 1 aliphatic heterocycles. The second-order valence-electron chi connectivity index (χ2n) is 9.43. The number of nitrogens with one attached hydrogen (secondary N) is 1. The first-order valence-electron chi connectivity index (χ1n) is 11.9. The van der Waals surface area contributed by atoms with Crippen molar-refractivity contribution in [3.05, 3.63) is 64.7 Å². The summed E-state index contributed by atoms with van der Waals surface area (Å²) in [6, 6.07) is 12.6. The van der Waals surface area contributed by atoms with E-state index in [1.165, 1.54) is 10.5 Å². The van der Waals surface area contributed by atoms with Crippen LogP contribution < -0.4 is 5.32 Å². The minimum atomic E-state index is -0.667. The van der Waals surface area contributed by atoms with E-state index >= 15 is 0 Å². The van der Waals surface area contributed by atoms with Gasteiger partial charge >= 0.3 is 6.09 Å². The zero-order chi connectivity index (χ0) is 24.2. The first-order chi connectivity index (χ1) is 15.7. The van der Waals surface area contributed by atoms with Crippen LogP contribution in [0.1, 0.15) is 75.8 Å². The van der Waals surface area contributed by atoms with Crippen LogP contribution in [0.25, 0.3) is 0 Å². The van der Waals surface area contributed by atoms with Gasteiger partial charge in [0.25, 0.3) is 0 Å². The molecule has 2 aromatic carbocycles. The van der Waals surface area contributed by atoms with Crippen LogP contribution >= 0.6 is 0 Å². The van der Waals surface area contributed by atoms with Crippen LogP contribution in [0.5, 0.6) is 5.75 Å². The largest absolute Gasteiger partial charge is 0.508 e. The average molecular weight is 453 g/mol.